The number of phenolic OH excluding ortho intramolecular Hbond substituents is 1. The number of benzene rings is 2. The fourth-order valence-corrected chi connectivity index (χ4v) is 4.86. The van der Waals surface area contributed by atoms with Crippen LogP contribution < -0.4 is 4.90 Å². The maximum atomic E-state index is 10.3. The fourth-order valence-electron chi connectivity index (χ4n) is 3.17. The number of rotatable bonds is 5. The van der Waals surface area contributed by atoms with Gasteiger partial charge in [-0.25, -0.2) is 0 Å². The normalized spacial score (nSPS) is 17.4. The molecule has 2 nitrogen and oxygen atoms in total. The molecule has 2 aromatic rings. The average molecular weight is 360 g/mol. The van der Waals surface area contributed by atoms with E-state index in [1.807, 2.05) is 24.1 Å². The standard InChI is InChI=1S/C20H25NOS2/c1-3-4-8-15-13-21(16-9-6-5-7-10-16)17-11-20(23-2)18(22)12-19(17)24-14-15/h5-7,9-12,15,22H,3-4,8,13-14H2,1-2H3. The summed E-state index contributed by atoms with van der Waals surface area (Å²) in [4.78, 5) is 4.57. The minimum atomic E-state index is 0.397. The minimum Gasteiger partial charge on any atom is -0.507 e. The van der Waals surface area contributed by atoms with Gasteiger partial charge in [-0.2, -0.15) is 0 Å². The van der Waals surface area contributed by atoms with E-state index in [0.29, 0.717) is 11.7 Å². The van der Waals surface area contributed by atoms with Crippen LogP contribution in [0, 0.1) is 5.92 Å². The molecule has 1 unspecified atom stereocenters. The SMILES string of the molecule is CCCCC1CSc2cc(O)c(SC)cc2N(c2ccccc2)C1. The molecule has 0 amide bonds. The van der Waals surface area contributed by atoms with E-state index >= 15 is 0 Å². The van der Waals surface area contributed by atoms with Crippen molar-refractivity contribution in [1.82, 2.24) is 0 Å². The molecule has 0 bridgehead atoms. The first-order chi connectivity index (χ1) is 11.7. The van der Waals surface area contributed by atoms with Crippen molar-refractivity contribution in [3.05, 3.63) is 42.5 Å². The third-order valence-electron chi connectivity index (χ3n) is 4.50. The van der Waals surface area contributed by atoms with E-state index in [0.717, 1.165) is 17.2 Å². The summed E-state index contributed by atoms with van der Waals surface area (Å²) in [7, 11) is 0. The van der Waals surface area contributed by atoms with Crippen LogP contribution in [-0.4, -0.2) is 23.7 Å². The predicted octanol–water partition coefficient (Wildman–Crippen LogP) is 6.16. The van der Waals surface area contributed by atoms with Crippen molar-refractivity contribution < 1.29 is 5.11 Å². The predicted molar refractivity (Wildman–Crippen MR) is 107 cm³/mol. The number of nitrogens with zero attached hydrogens (tertiary/aromatic N) is 1. The van der Waals surface area contributed by atoms with Gasteiger partial charge in [0.05, 0.1) is 10.6 Å². The number of para-hydroxylation sites is 1. The van der Waals surface area contributed by atoms with Crippen molar-refractivity contribution in [2.75, 3.05) is 23.5 Å². The smallest absolute Gasteiger partial charge is 0.130 e. The molecule has 3 rings (SSSR count). The maximum Gasteiger partial charge on any atom is 0.130 e. The summed E-state index contributed by atoms with van der Waals surface area (Å²) < 4.78 is 0. The van der Waals surface area contributed by atoms with Crippen molar-refractivity contribution in [3.63, 3.8) is 0 Å². The number of phenols is 1. The molecule has 1 atom stereocenters. The van der Waals surface area contributed by atoms with E-state index in [4.69, 9.17) is 0 Å². The largest absolute Gasteiger partial charge is 0.507 e. The molecular formula is C20H25NOS2. The van der Waals surface area contributed by atoms with Crippen LogP contribution in [0.3, 0.4) is 0 Å². The maximum absolute atomic E-state index is 10.3. The van der Waals surface area contributed by atoms with Gasteiger partial charge in [0.2, 0.25) is 0 Å². The van der Waals surface area contributed by atoms with Crippen LogP contribution >= 0.6 is 23.5 Å². The highest BCUT2D eigenvalue weighted by Gasteiger charge is 2.24. The van der Waals surface area contributed by atoms with Crippen LogP contribution in [0.2, 0.25) is 0 Å². The van der Waals surface area contributed by atoms with E-state index in [-0.39, 0.29) is 0 Å². The lowest BCUT2D eigenvalue weighted by Crippen LogP contribution is -2.25. The summed E-state index contributed by atoms with van der Waals surface area (Å²) in [5, 5.41) is 10.3. The topological polar surface area (TPSA) is 23.5 Å². The Kier molecular flexibility index (Phi) is 6.01. The summed E-state index contributed by atoms with van der Waals surface area (Å²) in [6.45, 7) is 3.30. The summed E-state index contributed by atoms with van der Waals surface area (Å²) in [5.41, 5.74) is 2.47. The van der Waals surface area contributed by atoms with Gasteiger partial charge in [0.1, 0.15) is 5.75 Å². The number of hydrogen-bond donors (Lipinski definition) is 1. The highest BCUT2D eigenvalue weighted by Crippen LogP contribution is 2.44. The van der Waals surface area contributed by atoms with Crippen LogP contribution in [0.1, 0.15) is 26.2 Å². The van der Waals surface area contributed by atoms with Crippen LogP contribution in [0.25, 0.3) is 0 Å². The molecule has 0 radical (unpaired) electrons. The lowest BCUT2D eigenvalue weighted by atomic mass is 10.0. The van der Waals surface area contributed by atoms with Crippen molar-refractivity contribution in [2.24, 2.45) is 5.92 Å². The van der Waals surface area contributed by atoms with Gasteiger partial charge in [-0.1, -0.05) is 38.0 Å². The Morgan fingerprint density at radius 1 is 1.25 bits per heavy atom. The molecule has 128 valence electrons. The van der Waals surface area contributed by atoms with Crippen LogP contribution in [0.4, 0.5) is 11.4 Å². The Hall–Kier alpha value is -1.26. The summed E-state index contributed by atoms with van der Waals surface area (Å²) in [5.74, 6) is 2.19. The zero-order valence-corrected chi connectivity index (χ0v) is 16.0. The molecule has 1 aliphatic heterocycles. The second-order valence-corrected chi connectivity index (χ2v) is 8.17. The average Bonchev–Trinajstić information content (AvgIpc) is 2.79. The first-order valence-corrected chi connectivity index (χ1v) is 10.8. The fraction of sp³-hybridized carbons (Fsp3) is 0.400. The molecule has 0 spiro atoms. The second-order valence-electron chi connectivity index (χ2n) is 6.26. The monoisotopic (exact) mass is 359 g/mol. The van der Waals surface area contributed by atoms with Crippen LogP contribution in [-0.2, 0) is 0 Å². The Labute approximate surface area is 153 Å². The van der Waals surface area contributed by atoms with E-state index in [9.17, 15) is 5.11 Å². The Balaban J connectivity index is 2.01. The number of fused-ring (bicyclic) bond motifs is 1. The third kappa shape index (κ3) is 3.86. The van der Waals surface area contributed by atoms with Crippen LogP contribution in [0.15, 0.2) is 52.3 Å². The van der Waals surface area contributed by atoms with Gasteiger partial charge >= 0.3 is 0 Å². The van der Waals surface area contributed by atoms with E-state index in [1.54, 1.807) is 11.8 Å². The molecule has 0 aliphatic carbocycles. The Morgan fingerprint density at radius 3 is 2.75 bits per heavy atom. The van der Waals surface area contributed by atoms with Gasteiger partial charge in [0.15, 0.2) is 0 Å². The second kappa shape index (κ2) is 8.21. The molecule has 1 aliphatic rings. The lowest BCUT2D eigenvalue weighted by molar-refractivity contribution is 0.461. The van der Waals surface area contributed by atoms with E-state index in [2.05, 4.69) is 48.2 Å². The van der Waals surface area contributed by atoms with Gasteiger partial charge in [0, 0.05) is 22.9 Å². The molecule has 0 saturated carbocycles. The zero-order valence-electron chi connectivity index (χ0n) is 14.4. The molecule has 0 aromatic heterocycles. The van der Waals surface area contributed by atoms with Gasteiger partial charge in [0.25, 0.3) is 0 Å². The Bertz CT molecular complexity index is 675. The van der Waals surface area contributed by atoms with Gasteiger partial charge < -0.3 is 10.0 Å². The number of hydrogen-bond acceptors (Lipinski definition) is 4. The van der Waals surface area contributed by atoms with Crippen molar-refractivity contribution in [1.29, 1.82) is 0 Å². The molecule has 1 heterocycles. The summed E-state index contributed by atoms with van der Waals surface area (Å²) in [6.07, 6.45) is 5.81. The number of aromatic hydroxyl groups is 1. The first kappa shape index (κ1) is 17.6. The molecule has 0 fully saturated rings. The van der Waals surface area contributed by atoms with E-state index < -0.39 is 0 Å². The summed E-state index contributed by atoms with van der Waals surface area (Å²) >= 11 is 3.49. The number of unbranched alkanes of at least 4 members (excludes halogenated alkanes) is 1. The van der Waals surface area contributed by atoms with E-state index in [1.165, 1.54) is 35.5 Å². The van der Waals surface area contributed by atoms with Gasteiger partial charge in [-0.15, -0.1) is 23.5 Å². The number of anilines is 2. The highest BCUT2D eigenvalue weighted by molar-refractivity contribution is 7.99. The third-order valence-corrected chi connectivity index (χ3v) is 6.54. The summed E-state index contributed by atoms with van der Waals surface area (Å²) in [6, 6.07) is 14.7. The van der Waals surface area contributed by atoms with Crippen LogP contribution in [0.5, 0.6) is 5.75 Å². The van der Waals surface area contributed by atoms with Crippen molar-refractivity contribution in [3.8, 4) is 5.75 Å². The zero-order chi connectivity index (χ0) is 16.9. The molecular weight excluding hydrogens is 334 g/mol. The number of thioether (sulfide) groups is 2. The molecule has 0 saturated heterocycles. The molecule has 1 N–H and O–H groups in total. The van der Waals surface area contributed by atoms with Crippen molar-refractivity contribution >= 4 is 34.9 Å². The molecule has 2 aromatic carbocycles. The van der Waals surface area contributed by atoms with Gasteiger partial charge in [-0.3, -0.25) is 0 Å². The van der Waals surface area contributed by atoms with Gasteiger partial charge in [-0.05, 0) is 42.9 Å². The Morgan fingerprint density at radius 2 is 2.04 bits per heavy atom. The molecule has 24 heavy (non-hydrogen) atoms. The quantitative estimate of drug-likeness (QED) is 0.645. The lowest BCUT2D eigenvalue weighted by Gasteiger charge is -2.28. The van der Waals surface area contributed by atoms with Crippen molar-refractivity contribution in [2.45, 2.75) is 36.0 Å². The minimum absolute atomic E-state index is 0.397. The molecule has 4 heteroatoms. The highest BCUT2D eigenvalue weighted by atomic mass is 32.2. The first-order valence-electron chi connectivity index (χ1n) is 8.59.